The smallest absolute Gasteiger partial charge is 0.328 e. The number of likely N-dealkylation sites (tertiary alicyclic amines) is 1. The SMILES string of the molecule is CO[C@@H]1CN(C2CCCCC2)C[C@H]1N(C)C(=O)c1ccccc1.O=C(O)/C=C/C(=O)O. The van der Waals surface area contributed by atoms with Crippen molar-refractivity contribution in [2.24, 2.45) is 0 Å². The van der Waals surface area contributed by atoms with Crippen LogP contribution >= 0.6 is 0 Å². The van der Waals surface area contributed by atoms with Crippen molar-refractivity contribution in [1.29, 1.82) is 0 Å². The fourth-order valence-electron chi connectivity index (χ4n) is 4.21. The highest BCUT2D eigenvalue weighted by atomic mass is 16.5. The summed E-state index contributed by atoms with van der Waals surface area (Å²) in [5, 5.41) is 15.6. The average Bonchev–Trinajstić information content (AvgIpc) is 3.23. The fraction of sp³-hybridized carbons (Fsp3) is 0.522. The summed E-state index contributed by atoms with van der Waals surface area (Å²) < 4.78 is 5.72. The number of ether oxygens (including phenoxy) is 1. The first-order chi connectivity index (χ1) is 14.8. The van der Waals surface area contributed by atoms with Gasteiger partial charge in [0.15, 0.2) is 0 Å². The van der Waals surface area contributed by atoms with Crippen molar-refractivity contribution in [1.82, 2.24) is 9.80 Å². The number of carboxylic acid groups (broad SMARTS) is 2. The molecule has 170 valence electrons. The Kier molecular flexibility index (Phi) is 9.68. The second-order valence-corrected chi connectivity index (χ2v) is 7.88. The quantitative estimate of drug-likeness (QED) is 0.665. The third-order valence-corrected chi connectivity index (χ3v) is 5.87. The van der Waals surface area contributed by atoms with Gasteiger partial charge in [-0.05, 0) is 25.0 Å². The Bertz CT molecular complexity index is 745. The number of carbonyl (C=O) groups excluding carboxylic acids is 1. The van der Waals surface area contributed by atoms with Crippen molar-refractivity contribution in [3.63, 3.8) is 0 Å². The van der Waals surface area contributed by atoms with Gasteiger partial charge in [0.1, 0.15) is 0 Å². The zero-order chi connectivity index (χ0) is 22.8. The van der Waals surface area contributed by atoms with Crippen LogP contribution in [-0.4, -0.2) is 83.3 Å². The van der Waals surface area contributed by atoms with Crippen molar-refractivity contribution in [2.75, 3.05) is 27.2 Å². The molecule has 8 nitrogen and oxygen atoms in total. The van der Waals surface area contributed by atoms with Gasteiger partial charge in [0.25, 0.3) is 5.91 Å². The molecule has 0 spiro atoms. The minimum absolute atomic E-state index is 0.0862. The highest BCUT2D eigenvalue weighted by Crippen LogP contribution is 2.28. The normalized spacial score (nSPS) is 22.0. The minimum Gasteiger partial charge on any atom is -0.478 e. The number of hydrogen-bond donors (Lipinski definition) is 2. The molecule has 1 aromatic carbocycles. The predicted octanol–water partition coefficient (Wildman–Crippen LogP) is 2.50. The van der Waals surface area contributed by atoms with E-state index in [-0.39, 0.29) is 18.1 Å². The van der Waals surface area contributed by atoms with Crippen LogP contribution in [0.1, 0.15) is 42.5 Å². The van der Waals surface area contributed by atoms with Crippen molar-refractivity contribution in [3.8, 4) is 0 Å². The summed E-state index contributed by atoms with van der Waals surface area (Å²) in [6, 6.07) is 10.3. The molecule has 2 aliphatic rings. The second kappa shape index (κ2) is 12.2. The van der Waals surface area contributed by atoms with Crippen molar-refractivity contribution in [3.05, 3.63) is 48.0 Å². The summed E-state index contributed by atoms with van der Waals surface area (Å²) in [5.74, 6) is -2.43. The molecule has 0 aromatic heterocycles. The number of methoxy groups -OCH3 is 1. The monoisotopic (exact) mass is 432 g/mol. The Labute approximate surface area is 183 Å². The molecule has 3 rings (SSSR count). The average molecular weight is 433 g/mol. The summed E-state index contributed by atoms with van der Waals surface area (Å²) in [7, 11) is 3.68. The number of carboxylic acids is 2. The largest absolute Gasteiger partial charge is 0.478 e. The predicted molar refractivity (Wildman–Crippen MR) is 116 cm³/mol. The first kappa shape index (κ1) is 24.6. The molecule has 2 N–H and O–H groups in total. The number of nitrogens with zero attached hydrogens (tertiary/aromatic N) is 2. The topological polar surface area (TPSA) is 107 Å². The highest BCUT2D eigenvalue weighted by molar-refractivity contribution is 5.94. The Hall–Kier alpha value is -2.71. The van der Waals surface area contributed by atoms with Crippen LogP contribution in [0.4, 0.5) is 0 Å². The lowest BCUT2D eigenvalue weighted by Gasteiger charge is -2.31. The first-order valence-electron chi connectivity index (χ1n) is 10.6. The molecule has 0 bridgehead atoms. The molecule has 1 aliphatic carbocycles. The van der Waals surface area contributed by atoms with Crippen molar-refractivity contribution >= 4 is 17.8 Å². The zero-order valence-electron chi connectivity index (χ0n) is 18.1. The minimum atomic E-state index is -1.26. The van der Waals surface area contributed by atoms with Crippen LogP contribution in [0.5, 0.6) is 0 Å². The van der Waals surface area contributed by atoms with Gasteiger partial charge in [-0.25, -0.2) is 9.59 Å². The fourth-order valence-corrected chi connectivity index (χ4v) is 4.21. The maximum absolute atomic E-state index is 12.7. The molecule has 31 heavy (non-hydrogen) atoms. The van der Waals surface area contributed by atoms with E-state index in [4.69, 9.17) is 14.9 Å². The molecule has 1 aromatic rings. The van der Waals surface area contributed by atoms with Crippen molar-refractivity contribution < 1.29 is 29.3 Å². The molecule has 2 atom stereocenters. The Balaban J connectivity index is 0.000000366. The third kappa shape index (κ3) is 7.48. The molecule has 1 aliphatic heterocycles. The molecule has 1 saturated carbocycles. The maximum atomic E-state index is 12.7. The number of carbonyl (C=O) groups is 3. The lowest BCUT2D eigenvalue weighted by atomic mass is 9.94. The maximum Gasteiger partial charge on any atom is 0.328 e. The van der Waals surface area contributed by atoms with Crippen LogP contribution in [-0.2, 0) is 14.3 Å². The van der Waals surface area contributed by atoms with Gasteiger partial charge in [-0.1, -0.05) is 37.5 Å². The van der Waals surface area contributed by atoms with E-state index >= 15 is 0 Å². The van der Waals surface area contributed by atoms with Gasteiger partial charge in [-0.15, -0.1) is 0 Å². The Morgan fingerprint density at radius 1 is 1.00 bits per heavy atom. The number of amides is 1. The Morgan fingerprint density at radius 2 is 1.58 bits per heavy atom. The summed E-state index contributed by atoms with van der Waals surface area (Å²) in [6.45, 7) is 1.87. The summed E-state index contributed by atoms with van der Waals surface area (Å²) >= 11 is 0. The second-order valence-electron chi connectivity index (χ2n) is 7.88. The van der Waals surface area contributed by atoms with Crippen molar-refractivity contribution in [2.45, 2.75) is 50.3 Å². The van der Waals surface area contributed by atoms with Gasteiger partial charge in [0.2, 0.25) is 0 Å². The van der Waals surface area contributed by atoms with Crippen LogP contribution in [0.25, 0.3) is 0 Å². The van der Waals surface area contributed by atoms with E-state index in [0.717, 1.165) is 18.7 Å². The van der Waals surface area contributed by atoms with Gasteiger partial charge in [-0.3, -0.25) is 9.69 Å². The number of aliphatic carboxylic acids is 2. The van der Waals surface area contributed by atoms with Gasteiger partial charge in [0, 0.05) is 51.0 Å². The van der Waals surface area contributed by atoms with Crippen LogP contribution in [0.15, 0.2) is 42.5 Å². The standard InChI is InChI=1S/C19H28N2O2.C4H4O4/c1-20(19(22)15-9-5-3-6-10-15)17-13-21(14-18(17)23-2)16-11-7-4-8-12-16;5-3(6)1-2-4(7)8/h3,5-6,9-10,16-18H,4,7-8,11-14H2,1-2H3;1-2H,(H,5,6)(H,7,8)/b;2-1+/t17-,18-;/m1./s1. The van der Waals surface area contributed by atoms with E-state index in [9.17, 15) is 14.4 Å². The van der Waals surface area contributed by atoms with Crippen LogP contribution in [0.2, 0.25) is 0 Å². The molecular formula is C23H32N2O6. The summed E-state index contributed by atoms with van der Waals surface area (Å²) in [5.41, 5.74) is 0.751. The number of rotatable bonds is 6. The van der Waals surface area contributed by atoms with Gasteiger partial charge < -0.3 is 19.8 Å². The highest BCUT2D eigenvalue weighted by Gasteiger charge is 2.40. The number of likely N-dealkylation sites (N-methyl/N-ethyl adjacent to an activating group) is 1. The Morgan fingerprint density at radius 3 is 2.10 bits per heavy atom. The summed E-state index contributed by atoms with van der Waals surface area (Å²) in [6.07, 6.45) is 7.84. The molecule has 2 fully saturated rings. The van der Waals surface area contributed by atoms with Gasteiger partial charge >= 0.3 is 11.9 Å². The van der Waals surface area contributed by atoms with E-state index in [0.29, 0.717) is 18.2 Å². The van der Waals surface area contributed by atoms with E-state index in [1.54, 1.807) is 7.11 Å². The molecule has 1 heterocycles. The van der Waals surface area contributed by atoms with Crippen LogP contribution in [0, 0.1) is 0 Å². The third-order valence-electron chi connectivity index (χ3n) is 5.87. The molecule has 1 saturated heterocycles. The van der Waals surface area contributed by atoms with Crippen LogP contribution in [0.3, 0.4) is 0 Å². The van der Waals surface area contributed by atoms with Gasteiger partial charge in [-0.2, -0.15) is 0 Å². The van der Waals surface area contributed by atoms with E-state index < -0.39 is 11.9 Å². The lowest BCUT2D eigenvalue weighted by molar-refractivity contribution is -0.134. The summed E-state index contributed by atoms with van der Waals surface area (Å²) in [4.78, 5) is 36.3. The molecule has 8 heteroatoms. The lowest BCUT2D eigenvalue weighted by Crippen LogP contribution is -2.45. The number of benzene rings is 1. The van der Waals surface area contributed by atoms with Gasteiger partial charge in [0.05, 0.1) is 12.1 Å². The molecule has 0 unspecified atom stereocenters. The van der Waals surface area contributed by atoms with E-state index in [2.05, 4.69) is 4.90 Å². The van der Waals surface area contributed by atoms with Crippen LogP contribution < -0.4 is 0 Å². The first-order valence-corrected chi connectivity index (χ1v) is 10.6. The molecule has 0 radical (unpaired) electrons. The van der Waals surface area contributed by atoms with E-state index in [1.165, 1.54) is 32.1 Å². The number of hydrogen-bond acceptors (Lipinski definition) is 5. The van der Waals surface area contributed by atoms with E-state index in [1.807, 2.05) is 42.3 Å². The molecule has 1 amide bonds. The molecular weight excluding hydrogens is 400 g/mol. The zero-order valence-corrected chi connectivity index (χ0v) is 18.1.